The summed E-state index contributed by atoms with van der Waals surface area (Å²) < 4.78 is 16.6. The average molecular weight is 992 g/mol. The summed E-state index contributed by atoms with van der Waals surface area (Å²) in [6.45, 7) is 18.0. The van der Waals surface area contributed by atoms with Gasteiger partial charge in [-0.2, -0.15) is 11.8 Å². The zero-order valence-corrected chi connectivity index (χ0v) is 42.7. The van der Waals surface area contributed by atoms with Gasteiger partial charge in [0, 0.05) is 19.9 Å². The Kier molecular flexibility index (Phi) is 22.9. The minimum absolute atomic E-state index is 0.0320. The summed E-state index contributed by atoms with van der Waals surface area (Å²) in [5.74, 6) is -8.59. The molecule has 8 N–H and O–H groups in total. The molecule has 1 fully saturated rings. The topological polar surface area (TPSA) is 308 Å². The van der Waals surface area contributed by atoms with Crippen molar-refractivity contribution < 1.29 is 67.3 Å². The number of esters is 2. The number of thioether (sulfide) groups is 1. The van der Waals surface area contributed by atoms with Gasteiger partial charge >= 0.3 is 17.9 Å². The average Bonchev–Trinajstić information content (AvgIpc) is 3.71. The van der Waals surface area contributed by atoms with Gasteiger partial charge in [0.15, 0.2) is 0 Å². The highest BCUT2D eigenvalue weighted by Crippen LogP contribution is 2.23. The van der Waals surface area contributed by atoms with E-state index >= 15 is 0 Å². The predicted molar refractivity (Wildman–Crippen MR) is 255 cm³/mol. The number of amides is 7. The molecule has 0 radical (unpaired) electrons. The summed E-state index contributed by atoms with van der Waals surface area (Å²) in [7, 11) is 0. The van der Waals surface area contributed by atoms with E-state index in [1.54, 1.807) is 55.4 Å². The van der Waals surface area contributed by atoms with Crippen molar-refractivity contribution >= 4 is 71.0 Å². The van der Waals surface area contributed by atoms with E-state index in [0.29, 0.717) is 17.7 Å². The fraction of sp³-hybridized carbons (Fsp3) is 0.660. The van der Waals surface area contributed by atoms with Crippen molar-refractivity contribution in [3.8, 4) is 5.75 Å². The number of nitrogens with zero attached hydrogens (tertiary/aromatic N) is 1. The van der Waals surface area contributed by atoms with Gasteiger partial charge in [0.2, 0.25) is 41.4 Å². The molecule has 21 nitrogen and oxygen atoms in total. The lowest BCUT2D eigenvalue weighted by Crippen LogP contribution is -2.60. The van der Waals surface area contributed by atoms with Crippen molar-refractivity contribution in [1.29, 1.82) is 0 Å². The molecule has 1 aliphatic rings. The summed E-state index contributed by atoms with van der Waals surface area (Å²) in [5, 5.41) is 22.4. The van der Waals surface area contributed by atoms with Gasteiger partial charge in [0.1, 0.15) is 53.2 Å². The second-order valence-electron chi connectivity index (χ2n) is 19.7. The van der Waals surface area contributed by atoms with Crippen molar-refractivity contribution in [1.82, 2.24) is 31.5 Å². The van der Waals surface area contributed by atoms with Crippen LogP contribution in [0.15, 0.2) is 24.3 Å². The first-order chi connectivity index (χ1) is 31.9. The van der Waals surface area contributed by atoms with Crippen LogP contribution in [-0.2, 0) is 63.8 Å². The van der Waals surface area contributed by atoms with Crippen molar-refractivity contribution in [2.45, 2.75) is 168 Å². The minimum Gasteiger partial charge on any atom is -0.481 e. The maximum atomic E-state index is 14.4. The summed E-state index contributed by atoms with van der Waals surface area (Å²) >= 11 is 1.45. The second-order valence-corrected chi connectivity index (χ2v) is 20.7. The van der Waals surface area contributed by atoms with Crippen LogP contribution in [-0.4, -0.2) is 141 Å². The van der Waals surface area contributed by atoms with Crippen molar-refractivity contribution in [3.05, 3.63) is 29.8 Å². The number of primary amides is 1. The number of carboxylic acids is 1. The zero-order valence-electron chi connectivity index (χ0n) is 41.8. The Bertz CT molecular complexity index is 1960. The number of hydrogen-bond donors (Lipinski definition) is 7. The van der Waals surface area contributed by atoms with E-state index in [2.05, 4.69) is 26.6 Å². The Morgan fingerprint density at radius 2 is 1.30 bits per heavy atom. The molecule has 1 saturated heterocycles. The number of nitrogens with one attached hydrogen (secondary N) is 5. The molecular weight excluding hydrogens is 919 g/mol. The number of likely N-dealkylation sites (tertiary alicyclic amines) is 1. The molecular formula is C47H73N7O14S. The van der Waals surface area contributed by atoms with Crippen LogP contribution in [0.3, 0.4) is 0 Å². The first-order valence-corrected chi connectivity index (χ1v) is 24.3. The molecule has 0 spiro atoms. The molecule has 0 bridgehead atoms. The fourth-order valence-electron chi connectivity index (χ4n) is 7.10. The van der Waals surface area contributed by atoms with Crippen LogP contribution >= 0.6 is 11.8 Å². The van der Waals surface area contributed by atoms with Crippen LogP contribution in [0, 0.1) is 11.8 Å². The van der Waals surface area contributed by atoms with E-state index in [1.165, 1.54) is 40.9 Å². The van der Waals surface area contributed by atoms with Crippen molar-refractivity contribution in [2.24, 2.45) is 17.6 Å². The Balaban J connectivity index is 2.47. The van der Waals surface area contributed by atoms with Gasteiger partial charge in [0.05, 0.1) is 6.42 Å². The fourth-order valence-corrected chi connectivity index (χ4v) is 7.57. The van der Waals surface area contributed by atoms with Crippen LogP contribution in [0.25, 0.3) is 0 Å². The summed E-state index contributed by atoms with van der Waals surface area (Å²) in [5.41, 5.74) is 4.00. The molecule has 0 unspecified atom stereocenters. The number of benzene rings is 1. The quantitative estimate of drug-likeness (QED) is 0.0540. The lowest BCUT2D eigenvalue weighted by Gasteiger charge is -2.32. The predicted octanol–water partition coefficient (Wildman–Crippen LogP) is 1.51. The molecule has 0 aromatic heterocycles. The molecule has 7 amide bonds. The standard InChI is InChI=1S/C47H73N7O14S/c1-25(2)22-31(38(48)58)51-39(59)30(19-21-69-12)50-42(62)34-14-13-20-54(34)43(63)36(26(3)4)53-41(61)32(52-40(60)33(24-35(56)57)49-27(5)55)23-28-15-17-29(18-16-28)66-37(44(64)67-46(6,7)8)45(65)68-47(9,10)11/h15-18,25-26,30-34,36-37H,13-14,19-24H2,1-12H3,(H2,48,58)(H,49,55)(H,50,62)(H,51,59)(H,52,60)(H,53,61)(H,56,57)/t30-,31-,32-,33-,34-,36-/m0/s1. The van der Waals surface area contributed by atoms with Gasteiger partial charge in [-0.3, -0.25) is 38.4 Å². The third-order valence-corrected chi connectivity index (χ3v) is 10.9. The van der Waals surface area contributed by atoms with Gasteiger partial charge in [-0.1, -0.05) is 39.8 Å². The number of nitrogens with two attached hydrogens (primary N) is 1. The normalized spacial score (nSPS) is 16.0. The number of aliphatic carboxylic acids is 1. The highest BCUT2D eigenvalue weighted by Gasteiger charge is 2.41. The lowest BCUT2D eigenvalue weighted by atomic mass is 9.99. The maximum Gasteiger partial charge on any atom is 0.359 e. The van der Waals surface area contributed by atoms with Gasteiger partial charge in [0.25, 0.3) is 6.10 Å². The van der Waals surface area contributed by atoms with E-state index in [1.807, 2.05) is 20.1 Å². The Morgan fingerprint density at radius 3 is 1.78 bits per heavy atom. The lowest BCUT2D eigenvalue weighted by molar-refractivity contribution is -0.179. The van der Waals surface area contributed by atoms with Crippen molar-refractivity contribution in [2.75, 3.05) is 18.6 Å². The molecule has 2 rings (SSSR count). The number of hydrogen-bond acceptors (Lipinski definition) is 14. The summed E-state index contributed by atoms with van der Waals surface area (Å²) in [6.07, 6.45) is 0.106. The first kappa shape index (κ1) is 59.2. The third kappa shape index (κ3) is 20.7. The van der Waals surface area contributed by atoms with E-state index in [9.17, 15) is 53.1 Å². The second kappa shape index (κ2) is 26.7. The summed E-state index contributed by atoms with van der Waals surface area (Å²) in [6, 6.07) is -1.63. The summed E-state index contributed by atoms with van der Waals surface area (Å²) in [4.78, 5) is 133. The molecule has 1 heterocycles. The van der Waals surface area contributed by atoms with Crippen LogP contribution in [0.5, 0.6) is 5.75 Å². The van der Waals surface area contributed by atoms with E-state index in [4.69, 9.17) is 19.9 Å². The zero-order chi connectivity index (χ0) is 52.6. The Hall–Kier alpha value is -5.93. The third-order valence-electron chi connectivity index (χ3n) is 10.2. The molecule has 69 heavy (non-hydrogen) atoms. The van der Waals surface area contributed by atoms with Gasteiger partial charge in [-0.25, -0.2) is 9.59 Å². The SMILES string of the molecule is CSCC[C@H](NC(=O)[C@@H]1CCCN1C(=O)[C@@H](NC(=O)[C@H](Cc1ccc(OC(C(=O)OC(C)(C)C)C(=O)OC(C)(C)C)cc1)NC(=O)[C@H](CC(=O)O)NC(C)=O)C(C)C)C(=O)N[C@@H](CC(C)C)C(N)=O. The molecule has 1 aliphatic heterocycles. The van der Waals surface area contributed by atoms with E-state index in [0.717, 1.165) is 6.92 Å². The minimum atomic E-state index is -1.81. The Labute approximate surface area is 408 Å². The van der Waals surface area contributed by atoms with Gasteiger partial charge < -0.3 is 56.5 Å². The van der Waals surface area contributed by atoms with Crippen LogP contribution in [0.2, 0.25) is 0 Å². The monoisotopic (exact) mass is 991 g/mol. The van der Waals surface area contributed by atoms with Crippen molar-refractivity contribution in [3.63, 3.8) is 0 Å². The van der Waals surface area contributed by atoms with Crippen LogP contribution in [0.4, 0.5) is 0 Å². The van der Waals surface area contributed by atoms with E-state index in [-0.39, 0.29) is 43.9 Å². The molecule has 386 valence electrons. The van der Waals surface area contributed by atoms with Crippen LogP contribution in [0.1, 0.15) is 114 Å². The highest BCUT2D eigenvalue weighted by molar-refractivity contribution is 7.98. The number of carbonyl (C=O) groups excluding carboxylic acids is 9. The van der Waals surface area contributed by atoms with E-state index < -0.39 is 125 Å². The number of ether oxygens (including phenoxy) is 3. The molecule has 22 heteroatoms. The number of carbonyl (C=O) groups is 10. The first-order valence-electron chi connectivity index (χ1n) is 22.9. The molecule has 1 aromatic rings. The molecule has 0 aliphatic carbocycles. The molecule has 0 saturated carbocycles. The molecule has 1 aromatic carbocycles. The van der Waals surface area contributed by atoms with Gasteiger partial charge in [-0.15, -0.1) is 0 Å². The number of rotatable bonds is 25. The largest absolute Gasteiger partial charge is 0.481 e. The smallest absolute Gasteiger partial charge is 0.359 e. The Morgan fingerprint density at radius 1 is 0.768 bits per heavy atom. The van der Waals surface area contributed by atoms with Gasteiger partial charge in [-0.05, 0) is 109 Å². The highest BCUT2D eigenvalue weighted by atomic mass is 32.2. The number of carboxylic acid groups (broad SMARTS) is 1. The molecule has 6 atom stereocenters. The van der Waals surface area contributed by atoms with Crippen LogP contribution < -0.4 is 37.1 Å². The maximum absolute atomic E-state index is 14.4.